The quantitative estimate of drug-likeness (QED) is 0.811. The Morgan fingerprint density at radius 1 is 1.30 bits per heavy atom. The van der Waals surface area contributed by atoms with Crippen LogP contribution >= 0.6 is 0 Å². The normalized spacial score (nSPS) is 24.9. The lowest BCUT2D eigenvalue weighted by atomic mass is 10.00. The second-order valence-electron chi connectivity index (χ2n) is 5.91. The van der Waals surface area contributed by atoms with Crippen LogP contribution in [0.1, 0.15) is 39.0 Å². The Morgan fingerprint density at radius 2 is 2.10 bits per heavy atom. The van der Waals surface area contributed by atoms with Gasteiger partial charge in [-0.2, -0.15) is 0 Å². The summed E-state index contributed by atoms with van der Waals surface area (Å²) in [4.78, 5) is 27.1. The van der Waals surface area contributed by atoms with E-state index in [9.17, 15) is 9.59 Å². The lowest BCUT2D eigenvalue weighted by molar-refractivity contribution is -0.137. The van der Waals surface area contributed by atoms with E-state index in [1.165, 1.54) is 19.3 Å². The summed E-state index contributed by atoms with van der Waals surface area (Å²) in [6, 6.07) is 0.369. The molecule has 2 unspecified atom stereocenters. The second kappa shape index (κ2) is 6.92. The lowest BCUT2D eigenvalue weighted by Gasteiger charge is -2.44. The first-order chi connectivity index (χ1) is 9.56. The molecule has 2 atom stereocenters. The van der Waals surface area contributed by atoms with Crippen LogP contribution in [-0.2, 0) is 4.79 Å². The van der Waals surface area contributed by atoms with Crippen molar-refractivity contribution >= 4 is 12.0 Å². The molecule has 0 saturated carbocycles. The Labute approximate surface area is 120 Å². The Balaban J connectivity index is 1.76. The molecule has 2 saturated heterocycles. The SMILES string of the molecule is CC(CCC(=O)O)NC(=O)N1CCN2CCCCC2C1. The van der Waals surface area contributed by atoms with Gasteiger partial charge in [0.1, 0.15) is 0 Å². The number of carbonyl (C=O) groups is 2. The van der Waals surface area contributed by atoms with Gasteiger partial charge in [-0.3, -0.25) is 9.69 Å². The van der Waals surface area contributed by atoms with Gasteiger partial charge in [0, 0.05) is 38.1 Å². The zero-order valence-electron chi connectivity index (χ0n) is 12.2. The number of urea groups is 1. The molecule has 2 heterocycles. The van der Waals surface area contributed by atoms with Gasteiger partial charge in [-0.05, 0) is 32.7 Å². The van der Waals surface area contributed by atoms with E-state index in [4.69, 9.17) is 5.11 Å². The van der Waals surface area contributed by atoms with Gasteiger partial charge in [-0.15, -0.1) is 0 Å². The monoisotopic (exact) mass is 283 g/mol. The molecule has 2 aliphatic rings. The Bertz CT molecular complexity index is 362. The second-order valence-corrected chi connectivity index (χ2v) is 5.91. The highest BCUT2D eigenvalue weighted by molar-refractivity contribution is 5.74. The molecule has 6 heteroatoms. The molecule has 0 aromatic carbocycles. The van der Waals surface area contributed by atoms with E-state index in [1.807, 2.05) is 11.8 Å². The molecule has 0 spiro atoms. The van der Waals surface area contributed by atoms with Gasteiger partial charge in [0.05, 0.1) is 0 Å². The number of amides is 2. The molecule has 2 aliphatic heterocycles. The Kier molecular flexibility index (Phi) is 5.23. The largest absolute Gasteiger partial charge is 0.481 e. The number of piperazine rings is 1. The first-order valence-electron chi connectivity index (χ1n) is 7.57. The molecule has 114 valence electrons. The highest BCUT2D eigenvalue weighted by atomic mass is 16.4. The molecule has 0 aromatic heterocycles. The smallest absolute Gasteiger partial charge is 0.317 e. The fourth-order valence-electron chi connectivity index (χ4n) is 3.05. The van der Waals surface area contributed by atoms with Gasteiger partial charge < -0.3 is 15.3 Å². The van der Waals surface area contributed by atoms with Gasteiger partial charge in [-0.25, -0.2) is 4.79 Å². The van der Waals surface area contributed by atoms with Crippen molar-refractivity contribution in [1.82, 2.24) is 15.1 Å². The number of nitrogens with one attached hydrogen (secondary N) is 1. The van der Waals surface area contributed by atoms with E-state index in [2.05, 4.69) is 10.2 Å². The predicted molar refractivity (Wildman–Crippen MR) is 75.6 cm³/mol. The van der Waals surface area contributed by atoms with E-state index >= 15 is 0 Å². The number of aliphatic carboxylic acids is 1. The number of fused-ring (bicyclic) bond motifs is 1. The van der Waals surface area contributed by atoms with Crippen molar-refractivity contribution in [2.45, 2.75) is 51.1 Å². The molecule has 2 amide bonds. The molecular formula is C14H25N3O3. The zero-order valence-corrected chi connectivity index (χ0v) is 12.2. The average Bonchev–Trinajstić information content (AvgIpc) is 2.44. The molecule has 2 fully saturated rings. The molecule has 0 aliphatic carbocycles. The average molecular weight is 283 g/mol. The van der Waals surface area contributed by atoms with Crippen molar-refractivity contribution in [3.63, 3.8) is 0 Å². The third kappa shape index (κ3) is 4.10. The molecule has 2 rings (SSSR count). The van der Waals surface area contributed by atoms with Gasteiger partial charge in [0.2, 0.25) is 0 Å². The number of nitrogens with zero attached hydrogens (tertiary/aromatic N) is 2. The van der Waals surface area contributed by atoms with Crippen LogP contribution in [-0.4, -0.2) is 65.2 Å². The molecule has 0 bridgehead atoms. The molecule has 0 radical (unpaired) electrons. The van der Waals surface area contributed by atoms with E-state index < -0.39 is 5.97 Å². The van der Waals surface area contributed by atoms with Crippen LogP contribution in [0.3, 0.4) is 0 Å². The summed E-state index contributed by atoms with van der Waals surface area (Å²) in [6.45, 7) is 5.56. The number of carboxylic acids is 1. The van der Waals surface area contributed by atoms with Crippen molar-refractivity contribution in [2.24, 2.45) is 0 Å². The first-order valence-corrected chi connectivity index (χ1v) is 7.57. The number of carboxylic acid groups (broad SMARTS) is 1. The summed E-state index contributed by atoms with van der Waals surface area (Å²) in [5.41, 5.74) is 0. The van der Waals surface area contributed by atoms with Crippen LogP contribution in [0.2, 0.25) is 0 Å². The minimum Gasteiger partial charge on any atom is -0.481 e. The van der Waals surface area contributed by atoms with Crippen LogP contribution in [0.15, 0.2) is 0 Å². The summed E-state index contributed by atoms with van der Waals surface area (Å²) in [5.74, 6) is -0.818. The van der Waals surface area contributed by atoms with Gasteiger partial charge >= 0.3 is 12.0 Å². The molecule has 20 heavy (non-hydrogen) atoms. The molecular weight excluding hydrogens is 258 g/mol. The Hall–Kier alpha value is -1.30. The third-order valence-corrected chi connectivity index (χ3v) is 4.29. The van der Waals surface area contributed by atoms with Crippen molar-refractivity contribution < 1.29 is 14.7 Å². The predicted octanol–water partition coefficient (Wildman–Crippen LogP) is 1.12. The van der Waals surface area contributed by atoms with Gasteiger partial charge in [0.25, 0.3) is 0 Å². The summed E-state index contributed by atoms with van der Waals surface area (Å²) in [5, 5.41) is 11.6. The van der Waals surface area contributed by atoms with Crippen LogP contribution in [0.25, 0.3) is 0 Å². The highest BCUT2D eigenvalue weighted by Gasteiger charge is 2.31. The lowest BCUT2D eigenvalue weighted by Crippen LogP contribution is -2.58. The molecule has 0 aromatic rings. The summed E-state index contributed by atoms with van der Waals surface area (Å²) < 4.78 is 0. The van der Waals surface area contributed by atoms with E-state index in [-0.39, 0.29) is 18.5 Å². The van der Waals surface area contributed by atoms with Gasteiger partial charge in [0.15, 0.2) is 0 Å². The number of piperidine rings is 1. The van der Waals surface area contributed by atoms with Gasteiger partial charge in [-0.1, -0.05) is 6.42 Å². The summed E-state index contributed by atoms with van der Waals surface area (Å²) >= 11 is 0. The molecule has 2 N–H and O–H groups in total. The zero-order chi connectivity index (χ0) is 14.5. The highest BCUT2D eigenvalue weighted by Crippen LogP contribution is 2.21. The minimum absolute atomic E-state index is 0.0480. The standard InChI is InChI=1S/C14H25N3O3/c1-11(5-6-13(18)19)15-14(20)17-9-8-16-7-3-2-4-12(16)10-17/h11-12H,2-10H2,1H3,(H,15,20)(H,18,19). The summed E-state index contributed by atoms with van der Waals surface area (Å²) in [6.07, 6.45) is 4.28. The maximum Gasteiger partial charge on any atom is 0.317 e. The topological polar surface area (TPSA) is 72.9 Å². The van der Waals surface area contributed by atoms with E-state index in [0.717, 1.165) is 26.2 Å². The molecule has 6 nitrogen and oxygen atoms in total. The van der Waals surface area contributed by atoms with Crippen molar-refractivity contribution in [1.29, 1.82) is 0 Å². The van der Waals surface area contributed by atoms with Crippen molar-refractivity contribution in [2.75, 3.05) is 26.2 Å². The number of rotatable bonds is 4. The maximum absolute atomic E-state index is 12.2. The van der Waals surface area contributed by atoms with E-state index in [1.54, 1.807) is 0 Å². The van der Waals surface area contributed by atoms with Crippen molar-refractivity contribution in [3.05, 3.63) is 0 Å². The van der Waals surface area contributed by atoms with Crippen LogP contribution in [0.4, 0.5) is 4.79 Å². The fraction of sp³-hybridized carbons (Fsp3) is 0.857. The van der Waals surface area contributed by atoms with Crippen LogP contribution < -0.4 is 5.32 Å². The fourth-order valence-corrected chi connectivity index (χ4v) is 3.05. The first kappa shape index (κ1) is 15.1. The minimum atomic E-state index is -0.818. The maximum atomic E-state index is 12.2. The number of hydrogen-bond donors (Lipinski definition) is 2. The summed E-state index contributed by atoms with van der Waals surface area (Å²) in [7, 11) is 0. The van der Waals surface area contributed by atoms with E-state index in [0.29, 0.717) is 12.5 Å². The Morgan fingerprint density at radius 3 is 2.85 bits per heavy atom. The van der Waals surface area contributed by atoms with Crippen LogP contribution in [0.5, 0.6) is 0 Å². The van der Waals surface area contributed by atoms with Crippen molar-refractivity contribution in [3.8, 4) is 0 Å². The number of hydrogen-bond acceptors (Lipinski definition) is 3. The number of carbonyl (C=O) groups excluding carboxylic acids is 1. The van der Waals surface area contributed by atoms with Crippen LogP contribution in [0, 0.1) is 0 Å². The third-order valence-electron chi connectivity index (χ3n) is 4.29.